The third kappa shape index (κ3) is 3.07. The van der Waals surface area contributed by atoms with Gasteiger partial charge in [0.25, 0.3) is 0 Å². The van der Waals surface area contributed by atoms with E-state index in [0.717, 1.165) is 22.4 Å². The van der Waals surface area contributed by atoms with Crippen LogP contribution in [0.25, 0.3) is 22.4 Å². The summed E-state index contributed by atoms with van der Waals surface area (Å²) in [6, 6.07) is 22.3. The van der Waals surface area contributed by atoms with Crippen molar-refractivity contribution < 1.29 is 9.53 Å². The number of amides is 1. The number of rotatable bonds is 4. The largest absolute Gasteiger partial charge is 0.457 e. The smallest absolute Gasteiger partial charge is 0.248 e. The van der Waals surface area contributed by atoms with Gasteiger partial charge in [-0.1, -0.05) is 12.1 Å². The first-order chi connectivity index (χ1) is 12.2. The number of fused-ring (bicyclic) bond motifs is 1. The lowest BCUT2D eigenvalue weighted by Gasteiger charge is -2.06. The highest BCUT2D eigenvalue weighted by atomic mass is 16.5. The molecule has 3 aromatic carbocycles. The van der Waals surface area contributed by atoms with Crippen LogP contribution in [0.4, 0.5) is 0 Å². The molecule has 1 aromatic heterocycles. The number of para-hydroxylation sites is 2. The van der Waals surface area contributed by atoms with Gasteiger partial charge in [-0.15, -0.1) is 0 Å². The molecule has 0 aliphatic heterocycles. The number of nitrogens with one attached hydrogen (secondary N) is 1. The number of hydrogen-bond acceptors (Lipinski definition) is 3. The van der Waals surface area contributed by atoms with Crippen molar-refractivity contribution in [1.29, 1.82) is 0 Å². The lowest BCUT2D eigenvalue weighted by Crippen LogP contribution is -2.10. The Morgan fingerprint density at radius 1 is 0.880 bits per heavy atom. The van der Waals surface area contributed by atoms with Gasteiger partial charge >= 0.3 is 0 Å². The van der Waals surface area contributed by atoms with Crippen LogP contribution in [-0.2, 0) is 0 Å². The molecule has 3 N–H and O–H groups in total. The van der Waals surface area contributed by atoms with E-state index >= 15 is 0 Å². The number of aromatic amines is 1. The van der Waals surface area contributed by atoms with E-state index in [2.05, 4.69) is 9.97 Å². The van der Waals surface area contributed by atoms with Crippen molar-refractivity contribution in [2.75, 3.05) is 0 Å². The predicted molar refractivity (Wildman–Crippen MR) is 96.6 cm³/mol. The van der Waals surface area contributed by atoms with Crippen molar-refractivity contribution in [3.05, 3.63) is 78.4 Å². The Morgan fingerprint density at radius 3 is 2.16 bits per heavy atom. The SMILES string of the molecule is NC(=O)c1ccc(Oc2ccc(-c3nc4ccccc4[nH]3)cc2)cc1. The molecule has 0 saturated carbocycles. The second-order valence-electron chi connectivity index (χ2n) is 5.62. The lowest BCUT2D eigenvalue weighted by molar-refractivity contribution is 0.100. The molecule has 5 heteroatoms. The van der Waals surface area contributed by atoms with Crippen LogP contribution in [0, 0.1) is 0 Å². The van der Waals surface area contributed by atoms with Crippen LogP contribution < -0.4 is 10.5 Å². The monoisotopic (exact) mass is 329 g/mol. The molecule has 0 unspecified atom stereocenters. The summed E-state index contributed by atoms with van der Waals surface area (Å²) in [7, 11) is 0. The minimum Gasteiger partial charge on any atom is -0.457 e. The Hall–Kier alpha value is -3.60. The fraction of sp³-hybridized carbons (Fsp3) is 0. The summed E-state index contributed by atoms with van der Waals surface area (Å²) < 4.78 is 5.78. The topological polar surface area (TPSA) is 81.0 Å². The molecule has 0 spiro atoms. The zero-order valence-electron chi connectivity index (χ0n) is 13.3. The average Bonchev–Trinajstić information content (AvgIpc) is 3.07. The van der Waals surface area contributed by atoms with Crippen LogP contribution in [-0.4, -0.2) is 15.9 Å². The van der Waals surface area contributed by atoms with Gasteiger partial charge in [-0.05, 0) is 60.7 Å². The van der Waals surface area contributed by atoms with Gasteiger partial charge in [0.15, 0.2) is 0 Å². The van der Waals surface area contributed by atoms with E-state index in [1.807, 2.05) is 48.5 Å². The van der Waals surface area contributed by atoms with E-state index in [4.69, 9.17) is 10.5 Å². The number of carbonyl (C=O) groups is 1. The zero-order valence-corrected chi connectivity index (χ0v) is 13.3. The van der Waals surface area contributed by atoms with E-state index in [0.29, 0.717) is 17.1 Å². The van der Waals surface area contributed by atoms with Crippen molar-refractivity contribution in [2.24, 2.45) is 5.73 Å². The van der Waals surface area contributed by atoms with Crippen LogP contribution in [0.5, 0.6) is 11.5 Å². The van der Waals surface area contributed by atoms with Crippen molar-refractivity contribution in [3.63, 3.8) is 0 Å². The summed E-state index contributed by atoms with van der Waals surface area (Å²) in [4.78, 5) is 19.0. The highest BCUT2D eigenvalue weighted by Crippen LogP contribution is 2.26. The number of nitrogens with zero attached hydrogens (tertiary/aromatic N) is 1. The van der Waals surface area contributed by atoms with E-state index < -0.39 is 5.91 Å². The molecule has 4 aromatic rings. The molecular weight excluding hydrogens is 314 g/mol. The summed E-state index contributed by atoms with van der Waals surface area (Å²) in [6.45, 7) is 0. The third-order valence-electron chi connectivity index (χ3n) is 3.89. The fourth-order valence-electron chi connectivity index (χ4n) is 2.59. The van der Waals surface area contributed by atoms with Gasteiger partial charge in [0.2, 0.25) is 5.91 Å². The number of imidazole rings is 1. The first-order valence-corrected chi connectivity index (χ1v) is 7.82. The molecule has 0 saturated heterocycles. The van der Waals surface area contributed by atoms with Gasteiger partial charge in [0.05, 0.1) is 11.0 Å². The Balaban J connectivity index is 1.54. The van der Waals surface area contributed by atoms with Crippen molar-refractivity contribution in [3.8, 4) is 22.9 Å². The molecule has 25 heavy (non-hydrogen) atoms. The summed E-state index contributed by atoms with van der Waals surface area (Å²) in [5, 5.41) is 0. The Labute approximate surface area is 144 Å². The lowest BCUT2D eigenvalue weighted by atomic mass is 10.2. The van der Waals surface area contributed by atoms with E-state index in [9.17, 15) is 4.79 Å². The van der Waals surface area contributed by atoms with Gasteiger partial charge < -0.3 is 15.5 Å². The van der Waals surface area contributed by atoms with Gasteiger partial charge in [-0.3, -0.25) is 4.79 Å². The highest BCUT2D eigenvalue weighted by Gasteiger charge is 2.06. The quantitative estimate of drug-likeness (QED) is 0.591. The molecule has 1 heterocycles. The van der Waals surface area contributed by atoms with Crippen LogP contribution in [0.3, 0.4) is 0 Å². The Bertz CT molecular complexity index is 1000. The fourth-order valence-corrected chi connectivity index (χ4v) is 2.59. The first-order valence-electron chi connectivity index (χ1n) is 7.82. The molecule has 0 aliphatic rings. The average molecular weight is 329 g/mol. The predicted octanol–water partition coefficient (Wildman–Crippen LogP) is 4.12. The van der Waals surface area contributed by atoms with Gasteiger partial charge in [0.1, 0.15) is 17.3 Å². The molecule has 0 bridgehead atoms. The van der Waals surface area contributed by atoms with Crippen LogP contribution in [0.15, 0.2) is 72.8 Å². The Morgan fingerprint density at radius 2 is 1.52 bits per heavy atom. The normalized spacial score (nSPS) is 10.7. The Kier molecular flexibility index (Phi) is 3.67. The zero-order chi connectivity index (χ0) is 17.2. The maximum absolute atomic E-state index is 11.1. The number of nitrogens with two attached hydrogens (primary N) is 1. The minimum absolute atomic E-state index is 0.451. The molecule has 4 rings (SSSR count). The van der Waals surface area contributed by atoms with E-state index in [-0.39, 0.29) is 0 Å². The van der Waals surface area contributed by atoms with E-state index in [1.54, 1.807) is 24.3 Å². The van der Waals surface area contributed by atoms with Gasteiger partial charge in [-0.25, -0.2) is 4.98 Å². The molecule has 0 atom stereocenters. The summed E-state index contributed by atoms with van der Waals surface area (Å²) in [5.41, 5.74) is 8.60. The number of ether oxygens (including phenoxy) is 1. The van der Waals surface area contributed by atoms with E-state index in [1.165, 1.54) is 0 Å². The second-order valence-corrected chi connectivity index (χ2v) is 5.62. The first kappa shape index (κ1) is 15.0. The van der Waals surface area contributed by atoms with Gasteiger partial charge in [-0.2, -0.15) is 0 Å². The van der Waals surface area contributed by atoms with Gasteiger partial charge in [0, 0.05) is 11.1 Å². The number of aromatic nitrogens is 2. The summed E-state index contributed by atoms with van der Waals surface area (Å²) >= 11 is 0. The number of H-pyrrole nitrogens is 1. The maximum Gasteiger partial charge on any atom is 0.248 e. The highest BCUT2D eigenvalue weighted by molar-refractivity contribution is 5.92. The number of primary amides is 1. The number of benzene rings is 3. The molecule has 0 radical (unpaired) electrons. The standard InChI is InChI=1S/C20H15N3O2/c21-19(24)13-5-9-15(10-6-13)25-16-11-7-14(8-12-16)20-22-17-3-1-2-4-18(17)23-20/h1-12H,(H2,21,24)(H,22,23). The number of carbonyl (C=O) groups excluding carboxylic acids is 1. The minimum atomic E-state index is -0.457. The van der Waals surface area contributed by atoms with Crippen molar-refractivity contribution in [2.45, 2.75) is 0 Å². The molecule has 0 fully saturated rings. The van der Waals surface area contributed by atoms with Crippen LogP contribution >= 0.6 is 0 Å². The summed E-state index contributed by atoms with van der Waals surface area (Å²) in [5.74, 6) is 1.70. The molecule has 0 aliphatic carbocycles. The second kappa shape index (κ2) is 6.13. The van der Waals surface area contributed by atoms with Crippen LogP contribution in [0.1, 0.15) is 10.4 Å². The van der Waals surface area contributed by atoms with Crippen LogP contribution in [0.2, 0.25) is 0 Å². The summed E-state index contributed by atoms with van der Waals surface area (Å²) in [6.07, 6.45) is 0. The molecule has 1 amide bonds. The molecule has 122 valence electrons. The number of hydrogen-bond donors (Lipinski definition) is 2. The third-order valence-corrected chi connectivity index (χ3v) is 3.89. The molecular formula is C20H15N3O2. The molecule has 5 nitrogen and oxygen atoms in total. The maximum atomic E-state index is 11.1. The van der Waals surface area contributed by atoms with Crippen molar-refractivity contribution in [1.82, 2.24) is 9.97 Å². The van der Waals surface area contributed by atoms with Crippen molar-refractivity contribution >= 4 is 16.9 Å².